The molecule has 2 aliphatic rings. The van der Waals surface area contributed by atoms with Crippen molar-refractivity contribution in [2.75, 3.05) is 13.1 Å². The van der Waals surface area contributed by atoms with Gasteiger partial charge in [0.05, 0.1) is 0 Å². The van der Waals surface area contributed by atoms with Gasteiger partial charge in [-0.1, -0.05) is 52.9 Å². The summed E-state index contributed by atoms with van der Waals surface area (Å²) in [6, 6.07) is 0. The highest BCUT2D eigenvalue weighted by atomic mass is 14.8. The average molecular weight is 265 g/mol. The van der Waals surface area contributed by atoms with Crippen LogP contribution in [0.4, 0.5) is 0 Å². The zero-order valence-electron chi connectivity index (χ0n) is 13.5. The summed E-state index contributed by atoms with van der Waals surface area (Å²) < 4.78 is 0. The lowest BCUT2D eigenvalue weighted by Crippen LogP contribution is -2.39. The third-order valence-electron chi connectivity index (χ3n) is 6.01. The molecular formula is C18H35N. The Hall–Kier alpha value is -0.0400. The largest absolute Gasteiger partial charge is 0.317 e. The molecule has 2 aliphatic carbocycles. The maximum atomic E-state index is 3.63. The van der Waals surface area contributed by atoms with Gasteiger partial charge in [0.25, 0.3) is 0 Å². The second-order valence-corrected chi connectivity index (χ2v) is 7.27. The predicted molar refractivity (Wildman–Crippen MR) is 84.3 cm³/mol. The molecule has 5 atom stereocenters. The molecule has 0 heterocycles. The zero-order chi connectivity index (χ0) is 13.7. The van der Waals surface area contributed by atoms with Crippen molar-refractivity contribution in [3.05, 3.63) is 0 Å². The molecule has 0 spiro atoms. The molecule has 0 aromatic rings. The summed E-state index contributed by atoms with van der Waals surface area (Å²) in [6.45, 7) is 9.58. The predicted octanol–water partition coefficient (Wildman–Crippen LogP) is 4.86. The van der Waals surface area contributed by atoms with Gasteiger partial charge >= 0.3 is 0 Å². The molecule has 0 saturated heterocycles. The van der Waals surface area contributed by atoms with E-state index in [9.17, 15) is 0 Å². The fraction of sp³-hybridized carbons (Fsp3) is 1.00. The van der Waals surface area contributed by atoms with Crippen LogP contribution in [0.2, 0.25) is 0 Å². The monoisotopic (exact) mass is 265 g/mol. The number of hydrogen-bond donors (Lipinski definition) is 1. The molecule has 2 fully saturated rings. The molecule has 1 heteroatoms. The second-order valence-electron chi connectivity index (χ2n) is 7.27. The van der Waals surface area contributed by atoms with E-state index in [1.165, 1.54) is 57.9 Å². The Morgan fingerprint density at radius 1 is 0.895 bits per heavy atom. The van der Waals surface area contributed by atoms with Crippen molar-refractivity contribution >= 4 is 0 Å². The number of rotatable bonds is 5. The van der Waals surface area contributed by atoms with Crippen molar-refractivity contribution in [3.8, 4) is 0 Å². The minimum atomic E-state index is 0.966. The highest BCUT2D eigenvalue weighted by Gasteiger charge is 2.37. The topological polar surface area (TPSA) is 12.0 Å². The van der Waals surface area contributed by atoms with Gasteiger partial charge < -0.3 is 5.32 Å². The molecule has 0 radical (unpaired) electrons. The molecule has 2 rings (SSSR count). The quantitative estimate of drug-likeness (QED) is 0.748. The van der Waals surface area contributed by atoms with Crippen LogP contribution in [-0.2, 0) is 0 Å². The first-order valence-electron chi connectivity index (χ1n) is 8.96. The van der Waals surface area contributed by atoms with Crippen molar-refractivity contribution in [3.63, 3.8) is 0 Å². The third-order valence-corrected chi connectivity index (χ3v) is 6.01. The van der Waals surface area contributed by atoms with Crippen LogP contribution >= 0.6 is 0 Å². The lowest BCUT2D eigenvalue weighted by molar-refractivity contribution is 0.0605. The summed E-state index contributed by atoms with van der Waals surface area (Å²) in [7, 11) is 0. The van der Waals surface area contributed by atoms with E-state index < -0.39 is 0 Å². The van der Waals surface area contributed by atoms with Gasteiger partial charge in [0.2, 0.25) is 0 Å². The molecule has 19 heavy (non-hydrogen) atoms. The van der Waals surface area contributed by atoms with Crippen molar-refractivity contribution in [2.24, 2.45) is 29.6 Å². The first-order chi connectivity index (χ1) is 9.26. The Morgan fingerprint density at radius 2 is 1.68 bits per heavy atom. The van der Waals surface area contributed by atoms with Crippen LogP contribution in [-0.4, -0.2) is 13.1 Å². The van der Waals surface area contributed by atoms with Crippen LogP contribution < -0.4 is 5.32 Å². The van der Waals surface area contributed by atoms with Gasteiger partial charge in [-0.05, 0) is 61.9 Å². The summed E-state index contributed by atoms with van der Waals surface area (Å²) in [5, 5.41) is 3.63. The highest BCUT2D eigenvalue weighted by molar-refractivity contribution is 4.88. The standard InChI is InChI=1S/C18H35N/c1-4-15-8-6-7-9-17(15)18-12-14(3)10-11-16(18)13-19-5-2/h14-19H,4-13H2,1-3H3. The summed E-state index contributed by atoms with van der Waals surface area (Å²) >= 11 is 0. The molecule has 0 bridgehead atoms. The van der Waals surface area contributed by atoms with Crippen molar-refractivity contribution < 1.29 is 0 Å². The van der Waals surface area contributed by atoms with E-state index in [1.807, 2.05) is 0 Å². The molecular weight excluding hydrogens is 230 g/mol. The Morgan fingerprint density at radius 3 is 2.42 bits per heavy atom. The molecule has 5 unspecified atom stereocenters. The van der Waals surface area contributed by atoms with E-state index in [-0.39, 0.29) is 0 Å². The van der Waals surface area contributed by atoms with Crippen molar-refractivity contribution in [1.29, 1.82) is 0 Å². The van der Waals surface area contributed by atoms with Gasteiger partial charge in [-0.15, -0.1) is 0 Å². The molecule has 0 aliphatic heterocycles. The Kier molecular flexibility index (Phi) is 6.19. The van der Waals surface area contributed by atoms with E-state index in [2.05, 4.69) is 26.1 Å². The highest BCUT2D eigenvalue weighted by Crippen LogP contribution is 2.46. The van der Waals surface area contributed by atoms with E-state index in [0.29, 0.717) is 0 Å². The molecule has 0 amide bonds. The Labute approximate surface area is 120 Å². The molecule has 1 N–H and O–H groups in total. The summed E-state index contributed by atoms with van der Waals surface area (Å²) in [5.41, 5.74) is 0. The lowest BCUT2D eigenvalue weighted by Gasteiger charge is -2.45. The maximum Gasteiger partial charge on any atom is -0.00179 e. The minimum absolute atomic E-state index is 0.966. The van der Waals surface area contributed by atoms with Gasteiger partial charge in [0.1, 0.15) is 0 Å². The van der Waals surface area contributed by atoms with Gasteiger partial charge in [-0.3, -0.25) is 0 Å². The smallest absolute Gasteiger partial charge is 0.00179 e. The van der Waals surface area contributed by atoms with E-state index in [0.717, 1.165) is 36.1 Å². The van der Waals surface area contributed by atoms with Crippen LogP contribution in [0.1, 0.15) is 72.1 Å². The first kappa shape index (κ1) is 15.4. The molecule has 0 aromatic heterocycles. The van der Waals surface area contributed by atoms with E-state index in [4.69, 9.17) is 0 Å². The van der Waals surface area contributed by atoms with Gasteiger partial charge in [0, 0.05) is 0 Å². The molecule has 1 nitrogen and oxygen atoms in total. The second kappa shape index (κ2) is 7.67. The van der Waals surface area contributed by atoms with E-state index in [1.54, 1.807) is 0 Å². The SMILES string of the molecule is CCNCC1CCC(C)CC1C1CCCCC1CC. The number of nitrogens with one attached hydrogen (secondary N) is 1. The maximum absolute atomic E-state index is 3.63. The average Bonchev–Trinajstić information content (AvgIpc) is 2.46. The van der Waals surface area contributed by atoms with Crippen LogP contribution in [0.5, 0.6) is 0 Å². The Balaban J connectivity index is 2.02. The molecule has 112 valence electrons. The van der Waals surface area contributed by atoms with Crippen molar-refractivity contribution in [1.82, 2.24) is 5.32 Å². The lowest BCUT2D eigenvalue weighted by atomic mass is 9.62. The van der Waals surface area contributed by atoms with Crippen LogP contribution in [0.3, 0.4) is 0 Å². The van der Waals surface area contributed by atoms with Crippen LogP contribution in [0.25, 0.3) is 0 Å². The minimum Gasteiger partial charge on any atom is -0.317 e. The zero-order valence-corrected chi connectivity index (χ0v) is 13.5. The van der Waals surface area contributed by atoms with Crippen LogP contribution in [0, 0.1) is 29.6 Å². The fourth-order valence-corrected chi connectivity index (χ4v) is 4.90. The summed E-state index contributed by atoms with van der Waals surface area (Å²) in [5.74, 6) is 5.04. The normalized spacial score (nSPS) is 40.3. The van der Waals surface area contributed by atoms with E-state index >= 15 is 0 Å². The molecule has 0 aromatic carbocycles. The summed E-state index contributed by atoms with van der Waals surface area (Å²) in [4.78, 5) is 0. The van der Waals surface area contributed by atoms with Gasteiger partial charge in [-0.2, -0.15) is 0 Å². The fourth-order valence-electron chi connectivity index (χ4n) is 4.90. The molecule has 2 saturated carbocycles. The van der Waals surface area contributed by atoms with Gasteiger partial charge in [0.15, 0.2) is 0 Å². The number of hydrogen-bond acceptors (Lipinski definition) is 1. The van der Waals surface area contributed by atoms with Gasteiger partial charge in [-0.25, -0.2) is 0 Å². The summed E-state index contributed by atoms with van der Waals surface area (Å²) in [6.07, 6.45) is 11.9. The first-order valence-corrected chi connectivity index (χ1v) is 8.96. The third kappa shape index (κ3) is 3.97. The Bertz CT molecular complexity index is 248. The van der Waals surface area contributed by atoms with Crippen LogP contribution in [0.15, 0.2) is 0 Å². The van der Waals surface area contributed by atoms with Crippen molar-refractivity contribution in [2.45, 2.75) is 72.1 Å².